The van der Waals surface area contributed by atoms with Crippen LogP contribution in [0.15, 0.2) is 34.8 Å². The van der Waals surface area contributed by atoms with E-state index in [1.54, 1.807) is 6.07 Å². The molecule has 2 N–H and O–H groups in total. The number of piperazine rings is 1. The van der Waals surface area contributed by atoms with E-state index in [9.17, 15) is 9.59 Å². The Bertz CT molecular complexity index is 1100. The van der Waals surface area contributed by atoms with Gasteiger partial charge in [0.05, 0.1) is 29.1 Å². The van der Waals surface area contributed by atoms with Crippen LogP contribution >= 0.6 is 39.7 Å². The number of rotatable bonds is 5. The van der Waals surface area contributed by atoms with Crippen LogP contribution in [0.25, 0.3) is 0 Å². The number of amides is 2. The molecule has 1 saturated heterocycles. The molecule has 10 heteroatoms. The van der Waals surface area contributed by atoms with E-state index in [-0.39, 0.29) is 22.8 Å². The van der Waals surface area contributed by atoms with Crippen LogP contribution in [-0.4, -0.2) is 55.1 Å². The van der Waals surface area contributed by atoms with E-state index in [4.69, 9.17) is 28.6 Å². The second-order valence-electron chi connectivity index (χ2n) is 8.31. The molecule has 1 aliphatic heterocycles. The van der Waals surface area contributed by atoms with E-state index >= 15 is 0 Å². The minimum Gasteiger partial charge on any atom is -0.496 e. The summed E-state index contributed by atoms with van der Waals surface area (Å²) in [6.45, 7) is 8.20. The predicted molar refractivity (Wildman–Crippen MR) is 144 cm³/mol. The monoisotopic (exact) mass is 566 g/mol. The number of anilines is 2. The van der Waals surface area contributed by atoms with Gasteiger partial charge >= 0.3 is 0 Å². The van der Waals surface area contributed by atoms with E-state index in [0.29, 0.717) is 48.2 Å². The number of carbonyl (C=O) groups excluding carboxylic acids is 2. The smallest absolute Gasteiger partial charge is 0.261 e. The highest BCUT2D eigenvalue weighted by molar-refractivity contribution is 9.10. The second kappa shape index (κ2) is 11.4. The molecule has 0 radical (unpaired) electrons. The highest BCUT2D eigenvalue weighted by atomic mass is 79.9. The van der Waals surface area contributed by atoms with E-state index in [1.807, 2.05) is 49.9 Å². The Morgan fingerprint density at radius 2 is 1.85 bits per heavy atom. The van der Waals surface area contributed by atoms with Crippen LogP contribution in [0.3, 0.4) is 0 Å². The van der Waals surface area contributed by atoms with Gasteiger partial charge in [-0.15, -0.1) is 0 Å². The third-order valence-corrected chi connectivity index (χ3v) is 6.52. The molecule has 0 saturated carbocycles. The highest BCUT2D eigenvalue weighted by Crippen LogP contribution is 2.35. The zero-order valence-electron chi connectivity index (χ0n) is 19.6. The van der Waals surface area contributed by atoms with E-state index < -0.39 is 0 Å². The Morgan fingerprint density at radius 3 is 2.47 bits per heavy atom. The van der Waals surface area contributed by atoms with Crippen molar-refractivity contribution < 1.29 is 14.3 Å². The molecule has 1 aliphatic rings. The van der Waals surface area contributed by atoms with Crippen molar-refractivity contribution in [1.29, 1.82) is 0 Å². The topological polar surface area (TPSA) is 73.9 Å². The van der Waals surface area contributed by atoms with Crippen LogP contribution in [0.4, 0.5) is 11.4 Å². The number of benzene rings is 2. The number of hydrogen-bond donors (Lipinski definition) is 2. The van der Waals surface area contributed by atoms with Crippen LogP contribution < -0.4 is 20.3 Å². The standard InChI is InChI=1S/C24H28BrClN4O3S/c1-14(2)23(32)30-10-8-29(9-11-30)20-18(26)6-5-7-19(20)27-24(34)28-22(31)17-13-16(25)12-15(3)21(17)33-4/h5-7,12-14H,8-11H2,1-4H3,(H2,27,28,31,34). The summed E-state index contributed by atoms with van der Waals surface area (Å²) in [6.07, 6.45) is 0. The molecule has 2 amide bonds. The third-order valence-electron chi connectivity index (χ3n) is 5.55. The van der Waals surface area contributed by atoms with Crippen molar-refractivity contribution in [2.75, 3.05) is 43.5 Å². The number of aryl methyl sites for hydroxylation is 1. The van der Waals surface area contributed by atoms with Crippen LogP contribution in [0.5, 0.6) is 5.75 Å². The summed E-state index contributed by atoms with van der Waals surface area (Å²) in [5, 5.41) is 6.54. The minimum absolute atomic E-state index is 0.0299. The van der Waals surface area contributed by atoms with Gasteiger partial charge in [0.15, 0.2) is 5.11 Å². The number of thiocarbonyl (C=S) groups is 1. The van der Waals surface area contributed by atoms with Crippen molar-refractivity contribution in [3.8, 4) is 5.75 Å². The Hall–Kier alpha value is -2.36. The van der Waals surface area contributed by atoms with Crippen molar-refractivity contribution in [2.45, 2.75) is 20.8 Å². The first kappa shape index (κ1) is 26.2. The second-order valence-corrected chi connectivity index (χ2v) is 10.0. The molecule has 0 bridgehead atoms. The van der Waals surface area contributed by atoms with Gasteiger partial charge in [-0.3, -0.25) is 14.9 Å². The zero-order valence-corrected chi connectivity index (χ0v) is 22.7. The lowest BCUT2D eigenvalue weighted by Crippen LogP contribution is -2.50. The van der Waals surface area contributed by atoms with Crippen molar-refractivity contribution in [3.05, 3.63) is 51.0 Å². The lowest BCUT2D eigenvalue weighted by Gasteiger charge is -2.38. The molecule has 0 atom stereocenters. The van der Waals surface area contributed by atoms with Crippen LogP contribution in [0.2, 0.25) is 5.02 Å². The SMILES string of the molecule is COc1c(C)cc(Br)cc1C(=O)NC(=S)Nc1cccc(Cl)c1N1CCN(C(=O)C(C)C)CC1. The number of methoxy groups -OCH3 is 1. The summed E-state index contributed by atoms with van der Waals surface area (Å²) in [5.74, 6) is 0.223. The van der Waals surface area contributed by atoms with Crippen LogP contribution in [-0.2, 0) is 4.79 Å². The molecular weight excluding hydrogens is 540 g/mol. The van der Waals surface area contributed by atoms with E-state index in [1.165, 1.54) is 7.11 Å². The molecule has 1 fully saturated rings. The van der Waals surface area contributed by atoms with Gasteiger partial charge in [0.25, 0.3) is 5.91 Å². The first-order chi connectivity index (χ1) is 16.1. The number of para-hydroxylation sites is 1. The van der Waals surface area contributed by atoms with Crippen LogP contribution in [0, 0.1) is 12.8 Å². The first-order valence-corrected chi connectivity index (χ1v) is 12.5. The number of nitrogens with zero attached hydrogens (tertiary/aromatic N) is 2. The van der Waals surface area contributed by atoms with Crippen molar-refractivity contribution in [2.24, 2.45) is 5.92 Å². The molecule has 0 aromatic heterocycles. The number of nitrogens with one attached hydrogen (secondary N) is 2. The predicted octanol–water partition coefficient (Wildman–Crippen LogP) is 4.85. The maximum atomic E-state index is 12.9. The summed E-state index contributed by atoms with van der Waals surface area (Å²) >= 11 is 15.4. The quantitative estimate of drug-likeness (QED) is 0.503. The molecule has 7 nitrogen and oxygen atoms in total. The lowest BCUT2D eigenvalue weighted by molar-refractivity contribution is -0.134. The number of hydrogen-bond acceptors (Lipinski definition) is 5. The Morgan fingerprint density at radius 1 is 1.18 bits per heavy atom. The van der Waals surface area contributed by atoms with Gasteiger partial charge in [0.2, 0.25) is 5.91 Å². The molecule has 2 aromatic rings. The molecule has 34 heavy (non-hydrogen) atoms. The van der Waals surface area contributed by atoms with Gasteiger partial charge in [0, 0.05) is 36.6 Å². The molecule has 0 aliphatic carbocycles. The maximum absolute atomic E-state index is 12.9. The molecule has 3 rings (SSSR count). The minimum atomic E-state index is -0.386. The molecule has 0 unspecified atom stereocenters. The molecular formula is C24H28BrClN4O3S. The van der Waals surface area contributed by atoms with Crippen molar-refractivity contribution >= 4 is 68.1 Å². The maximum Gasteiger partial charge on any atom is 0.261 e. The summed E-state index contributed by atoms with van der Waals surface area (Å²) in [5.41, 5.74) is 2.66. The average molecular weight is 568 g/mol. The number of carbonyl (C=O) groups is 2. The number of ether oxygens (including phenoxy) is 1. The van der Waals surface area contributed by atoms with Gasteiger partial charge in [-0.05, 0) is 49.0 Å². The van der Waals surface area contributed by atoms with Gasteiger partial charge in [-0.1, -0.05) is 47.4 Å². The molecule has 182 valence electrons. The van der Waals surface area contributed by atoms with E-state index in [0.717, 1.165) is 15.7 Å². The zero-order chi connectivity index (χ0) is 25.0. The summed E-state index contributed by atoms with van der Waals surface area (Å²) < 4.78 is 6.17. The first-order valence-electron chi connectivity index (χ1n) is 10.9. The summed E-state index contributed by atoms with van der Waals surface area (Å²) in [6, 6.07) is 9.04. The average Bonchev–Trinajstić information content (AvgIpc) is 2.78. The van der Waals surface area contributed by atoms with Gasteiger partial charge in [-0.25, -0.2) is 0 Å². The Kier molecular flexibility index (Phi) is 8.78. The Labute approximate surface area is 218 Å². The normalized spacial score (nSPS) is 13.6. The van der Waals surface area contributed by atoms with Gasteiger partial charge in [-0.2, -0.15) is 0 Å². The molecule has 0 spiro atoms. The summed E-state index contributed by atoms with van der Waals surface area (Å²) in [4.78, 5) is 29.3. The largest absolute Gasteiger partial charge is 0.496 e. The summed E-state index contributed by atoms with van der Waals surface area (Å²) in [7, 11) is 1.52. The fourth-order valence-corrected chi connectivity index (χ4v) is 5.02. The van der Waals surface area contributed by atoms with Crippen LogP contribution in [0.1, 0.15) is 29.8 Å². The highest BCUT2D eigenvalue weighted by Gasteiger charge is 2.26. The Balaban J connectivity index is 1.74. The molecule has 2 aromatic carbocycles. The number of halogens is 2. The fraction of sp³-hybridized carbons (Fsp3) is 0.375. The van der Waals surface area contributed by atoms with Crippen molar-refractivity contribution in [1.82, 2.24) is 10.2 Å². The van der Waals surface area contributed by atoms with Gasteiger partial charge in [0.1, 0.15) is 5.75 Å². The van der Waals surface area contributed by atoms with E-state index in [2.05, 4.69) is 31.5 Å². The fourth-order valence-electron chi connectivity index (χ4n) is 3.95. The van der Waals surface area contributed by atoms with Crippen molar-refractivity contribution in [3.63, 3.8) is 0 Å². The molecule has 1 heterocycles. The van der Waals surface area contributed by atoms with Gasteiger partial charge < -0.3 is 19.9 Å². The lowest BCUT2D eigenvalue weighted by atomic mass is 10.1. The third kappa shape index (κ3) is 6.00.